The average molecular weight is 883 g/mol. The zero-order valence-corrected chi connectivity index (χ0v) is 40.7. The van der Waals surface area contributed by atoms with Crippen LogP contribution in [0.4, 0.5) is 0 Å². The molecule has 0 saturated heterocycles. The van der Waals surface area contributed by atoms with Gasteiger partial charge in [0.15, 0.2) is 12.6 Å². The normalized spacial score (nSPS) is 10.9. The van der Waals surface area contributed by atoms with Gasteiger partial charge in [-0.05, 0) is 37.1 Å². The average Bonchev–Trinajstić information content (AvgIpc) is 3.97. The van der Waals surface area contributed by atoms with Crippen LogP contribution in [0.15, 0.2) is 36.4 Å². The Morgan fingerprint density at radius 1 is 0.387 bits per heavy atom. The molecule has 1 aromatic carbocycles. The highest BCUT2D eigenvalue weighted by atomic mass is 32.1. The van der Waals surface area contributed by atoms with Crippen LogP contribution in [0.25, 0.3) is 0 Å². The molecule has 0 bridgehead atoms. The second kappa shape index (κ2) is 37.1. The molecule has 0 aliphatic rings. The van der Waals surface area contributed by atoms with Gasteiger partial charge in [-0.25, -0.2) is 0 Å². The second-order valence-electron chi connectivity index (χ2n) is 17.3. The molecule has 4 nitrogen and oxygen atoms in total. The number of carbonyl (C=O) groups is 2. The van der Waals surface area contributed by atoms with Gasteiger partial charge in [-0.3, -0.25) is 9.59 Å². The molecule has 0 aliphatic heterocycles. The maximum absolute atomic E-state index is 11.3. The Kier molecular flexibility index (Phi) is 31.7. The molecule has 0 unspecified atom stereocenters. The molecule has 62 heavy (non-hydrogen) atoms. The van der Waals surface area contributed by atoms with Gasteiger partial charge in [0.05, 0.1) is 43.8 Å². The monoisotopic (exact) mass is 883 g/mol. The molecule has 0 fully saturated rings. The molecular formula is C56H82O4S2. The standard InChI is InChI=1S/C56H82O4S2/c1-3-5-7-9-11-13-15-17-19-21-23-25-27-29-31-33-43-59-55-45-50(36-38-52-40-42-54(48-58)62-52)56(46-49(55)35-37-51-39-41-53(47-57)61-51)60-44-34-32-30-28-26-24-22-20-18-16-14-12-10-8-6-4-2/h39-42,45-48H,3-34,43-44H2,1-2H3. The SMILES string of the molecule is CCCCCCCCCCCCCCCCCCOc1cc(C#Cc2ccc(C=O)s2)c(OCCCCCCCCCCCCCCCCCC)cc1C#Cc1ccc(C=O)s1. The van der Waals surface area contributed by atoms with Gasteiger partial charge in [0.2, 0.25) is 0 Å². The number of carbonyl (C=O) groups excluding carboxylic acids is 2. The summed E-state index contributed by atoms with van der Waals surface area (Å²) in [6.45, 7) is 5.80. The van der Waals surface area contributed by atoms with Crippen molar-refractivity contribution in [1.29, 1.82) is 0 Å². The van der Waals surface area contributed by atoms with Crippen LogP contribution in [0.5, 0.6) is 11.5 Å². The van der Waals surface area contributed by atoms with Crippen LogP contribution in [0.3, 0.4) is 0 Å². The summed E-state index contributed by atoms with van der Waals surface area (Å²) in [6, 6.07) is 11.4. The van der Waals surface area contributed by atoms with Gasteiger partial charge in [-0.2, -0.15) is 0 Å². The van der Waals surface area contributed by atoms with Gasteiger partial charge in [0.1, 0.15) is 11.5 Å². The first-order chi connectivity index (χ1) is 30.7. The number of thiophene rings is 2. The third kappa shape index (κ3) is 25.7. The van der Waals surface area contributed by atoms with E-state index in [-0.39, 0.29) is 0 Å². The van der Waals surface area contributed by atoms with Crippen LogP contribution in [0.2, 0.25) is 0 Å². The summed E-state index contributed by atoms with van der Waals surface area (Å²) >= 11 is 2.78. The van der Waals surface area contributed by atoms with Crippen molar-refractivity contribution in [2.75, 3.05) is 13.2 Å². The van der Waals surface area contributed by atoms with Crippen molar-refractivity contribution in [3.05, 3.63) is 67.0 Å². The Balaban J connectivity index is 1.49. The maximum Gasteiger partial charge on any atom is 0.160 e. The molecule has 2 aromatic heterocycles. The zero-order chi connectivity index (χ0) is 44.0. The highest BCUT2D eigenvalue weighted by molar-refractivity contribution is 7.14. The Labute approximate surface area is 387 Å². The summed E-state index contributed by atoms with van der Waals surface area (Å²) in [5, 5.41) is 0. The van der Waals surface area contributed by atoms with Crippen molar-refractivity contribution in [2.24, 2.45) is 0 Å². The number of unbranched alkanes of at least 4 members (excludes halogenated alkanes) is 30. The van der Waals surface area contributed by atoms with Crippen molar-refractivity contribution in [2.45, 2.75) is 219 Å². The van der Waals surface area contributed by atoms with E-state index in [1.807, 2.05) is 36.4 Å². The lowest BCUT2D eigenvalue weighted by Crippen LogP contribution is -2.03. The van der Waals surface area contributed by atoms with E-state index in [0.29, 0.717) is 34.5 Å². The fourth-order valence-corrected chi connectivity index (χ4v) is 9.24. The number of benzene rings is 1. The molecule has 0 N–H and O–H groups in total. The summed E-state index contributed by atoms with van der Waals surface area (Å²) in [5.74, 6) is 14.6. The minimum Gasteiger partial charge on any atom is -0.492 e. The van der Waals surface area contributed by atoms with E-state index in [1.54, 1.807) is 0 Å². The van der Waals surface area contributed by atoms with Crippen LogP contribution in [0.1, 0.15) is 260 Å². The number of hydrogen-bond acceptors (Lipinski definition) is 6. The van der Waals surface area contributed by atoms with Gasteiger partial charge in [-0.1, -0.05) is 230 Å². The van der Waals surface area contributed by atoms with Crippen molar-refractivity contribution < 1.29 is 19.1 Å². The molecule has 342 valence electrons. The molecule has 0 aliphatic carbocycles. The predicted octanol–water partition coefficient (Wildman–Crippen LogP) is 17.5. The predicted molar refractivity (Wildman–Crippen MR) is 268 cm³/mol. The summed E-state index contributed by atoms with van der Waals surface area (Å²) in [5.41, 5.74) is 1.52. The lowest BCUT2D eigenvalue weighted by molar-refractivity contribution is 0.111. The lowest BCUT2D eigenvalue weighted by atomic mass is 10.0. The van der Waals surface area contributed by atoms with Crippen molar-refractivity contribution in [3.8, 4) is 35.2 Å². The fourth-order valence-electron chi connectivity index (χ4n) is 7.88. The van der Waals surface area contributed by atoms with Crippen LogP contribution in [0, 0.1) is 23.7 Å². The smallest absolute Gasteiger partial charge is 0.160 e. The zero-order valence-electron chi connectivity index (χ0n) is 39.1. The lowest BCUT2D eigenvalue weighted by Gasteiger charge is -2.14. The van der Waals surface area contributed by atoms with Gasteiger partial charge >= 0.3 is 0 Å². The molecule has 2 heterocycles. The molecule has 0 saturated carbocycles. The summed E-state index contributed by atoms with van der Waals surface area (Å²) in [6.07, 6.45) is 44.4. The van der Waals surface area contributed by atoms with Crippen molar-refractivity contribution >= 4 is 35.2 Å². The van der Waals surface area contributed by atoms with E-state index >= 15 is 0 Å². The first kappa shape index (κ1) is 53.0. The highest BCUT2D eigenvalue weighted by Gasteiger charge is 2.12. The van der Waals surface area contributed by atoms with Gasteiger partial charge < -0.3 is 9.47 Å². The maximum atomic E-state index is 11.3. The molecule has 3 rings (SSSR count). The third-order valence-electron chi connectivity index (χ3n) is 11.7. The molecular weight excluding hydrogens is 801 g/mol. The summed E-state index contributed by atoms with van der Waals surface area (Å²) in [7, 11) is 0. The molecule has 0 spiro atoms. The number of ether oxygens (including phenoxy) is 2. The van der Waals surface area contributed by atoms with Crippen LogP contribution in [-0.4, -0.2) is 25.8 Å². The third-order valence-corrected chi connectivity index (χ3v) is 13.6. The van der Waals surface area contributed by atoms with Gasteiger partial charge in [-0.15, -0.1) is 22.7 Å². The number of aldehydes is 2. The molecule has 6 heteroatoms. The Morgan fingerprint density at radius 2 is 0.661 bits per heavy atom. The molecule has 3 aromatic rings. The topological polar surface area (TPSA) is 52.6 Å². The van der Waals surface area contributed by atoms with E-state index < -0.39 is 0 Å². The van der Waals surface area contributed by atoms with Crippen LogP contribution >= 0.6 is 22.7 Å². The Hall–Kier alpha value is -3.32. The Bertz CT molecular complexity index is 1590. The first-order valence-corrected chi connectivity index (χ1v) is 26.9. The fraction of sp³-hybridized carbons (Fsp3) is 0.643. The van der Waals surface area contributed by atoms with E-state index in [4.69, 9.17) is 9.47 Å². The molecule has 0 amide bonds. The van der Waals surface area contributed by atoms with Crippen molar-refractivity contribution in [3.63, 3.8) is 0 Å². The Morgan fingerprint density at radius 3 is 0.919 bits per heavy atom. The largest absolute Gasteiger partial charge is 0.492 e. The van der Waals surface area contributed by atoms with Gasteiger partial charge in [0.25, 0.3) is 0 Å². The van der Waals surface area contributed by atoms with E-state index in [0.717, 1.165) is 59.1 Å². The van der Waals surface area contributed by atoms with Gasteiger partial charge in [0, 0.05) is 12.1 Å². The van der Waals surface area contributed by atoms with Crippen molar-refractivity contribution in [1.82, 2.24) is 0 Å². The minimum atomic E-state index is 0.612. The molecule has 0 atom stereocenters. The van der Waals surface area contributed by atoms with E-state index in [1.165, 1.54) is 202 Å². The van der Waals surface area contributed by atoms with E-state index in [2.05, 4.69) is 37.5 Å². The quantitative estimate of drug-likeness (QED) is 0.0327. The number of hydrogen-bond donors (Lipinski definition) is 0. The second-order valence-corrected chi connectivity index (χ2v) is 19.5. The van der Waals surface area contributed by atoms with E-state index in [9.17, 15) is 9.59 Å². The first-order valence-electron chi connectivity index (χ1n) is 25.2. The summed E-state index contributed by atoms with van der Waals surface area (Å²) in [4.78, 5) is 25.7. The van der Waals surface area contributed by atoms with Crippen LogP contribution in [-0.2, 0) is 0 Å². The minimum absolute atomic E-state index is 0.612. The molecule has 0 radical (unpaired) electrons. The summed E-state index contributed by atoms with van der Waals surface area (Å²) < 4.78 is 12.9. The highest BCUT2D eigenvalue weighted by Crippen LogP contribution is 2.30. The number of rotatable bonds is 38. The van der Waals surface area contributed by atoms with Crippen LogP contribution < -0.4 is 9.47 Å².